The van der Waals surface area contributed by atoms with E-state index >= 15 is 0 Å². The van der Waals surface area contributed by atoms with Crippen molar-refractivity contribution < 1.29 is 32.5 Å². The van der Waals surface area contributed by atoms with Gasteiger partial charge in [0.05, 0.1) is 43.7 Å². The highest BCUT2D eigenvalue weighted by Crippen LogP contribution is 2.47. The van der Waals surface area contributed by atoms with Crippen LogP contribution in [-0.4, -0.2) is 71.9 Å². The van der Waals surface area contributed by atoms with E-state index in [-0.39, 0.29) is 46.3 Å². The second-order valence-corrected chi connectivity index (χ2v) is 29.5. The zero-order chi connectivity index (χ0) is 42.2. The highest BCUT2D eigenvalue weighted by atomic mass is 28.4. The minimum atomic E-state index is -2.24. The predicted molar refractivity (Wildman–Crippen MR) is 233 cm³/mol. The molecule has 10 heteroatoms. The first-order valence-electron chi connectivity index (χ1n) is 21.1. The molecule has 3 rings (SSSR count). The number of nitriles is 1. The van der Waals surface area contributed by atoms with Crippen molar-refractivity contribution in [3.05, 3.63) is 61.2 Å². The highest BCUT2D eigenvalue weighted by Gasteiger charge is 2.52. The van der Waals surface area contributed by atoms with E-state index in [9.17, 15) is 5.26 Å². The Kier molecular flexibility index (Phi) is 17.1. The van der Waals surface area contributed by atoms with Crippen LogP contribution in [0.25, 0.3) is 0 Å². The zero-order valence-corrected chi connectivity index (χ0v) is 39.8. The van der Waals surface area contributed by atoms with Gasteiger partial charge in [0.1, 0.15) is 0 Å². The fourth-order valence-corrected chi connectivity index (χ4v) is 10.5. The molecule has 56 heavy (non-hydrogen) atoms. The zero-order valence-electron chi connectivity index (χ0n) is 37.8. The smallest absolute Gasteiger partial charge is 0.192 e. The van der Waals surface area contributed by atoms with E-state index in [1.54, 1.807) is 7.11 Å². The van der Waals surface area contributed by atoms with Gasteiger partial charge in [-0.2, -0.15) is 5.26 Å². The molecule has 0 saturated carbocycles. The number of hydrogen-bond acceptors (Lipinski definition) is 8. The van der Waals surface area contributed by atoms with Crippen molar-refractivity contribution in [3.63, 3.8) is 0 Å². The average Bonchev–Trinajstić information content (AvgIpc) is 3.08. The predicted octanol–water partition coefficient (Wildman–Crippen LogP) is 11.9. The van der Waals surface area contributed by atoms with Crippen LogP contribution in [0.1, 0.15) is 119 Å². The second-order valence-electron chi connectivity index (χ2n) is 20.0. The van der Waals surface area contributed by atoms with Crippen molar-refractivity contribution in [2.45, 2.75) is 198 Å². The number of methoxy groups -OCH3 is 1. The lowest BCUT2D eigenvalue weighted by molar-refractivity contribution is -0.330. The third-order valence-electron chi connectivity index (χ3n) is 13.0. The van der Waals surface area contributed by atoms with Crippen LogP contribution in [0, 0.1) is 23.2 Å². The monoisotopic (exact) mass is 814 g/mol. The number of hydrogen-bond donors (Lipinski definition) is 0. The molecule has 0 aliphatic carbocycles. The lowest BCUT2D eigenvalue weighted by Crippen LogP contribution is -2.58. The Bertz CT molecular complexity index is 1430. The Balaban J connectivity index is 1.88. The molecule has 2 heterocycles. The third kappa shape index (κ3) is 12.9. The van der Waals surface area contributed by atoms with Gasteiger partial charge in [0.15, 0.2) is 33.8 Å². The summed E-state index contributed by atoms with van der Waals surface area (Å²) in [7, 11) is -2.64. The van der Waals surface area contributed by atoms with Gasteiger partial charge in [-0.15, -0.1) is 13.2 Å². The van der Waals surface area contributed by atoms with Gasteiger partial charge < -0.3 is 32.5 Å². The van der Waals surface area contributed by atoms with E-state index < -0.39 is 33.8 Å². The van der Waals surface area contributed by atoms with Gasteiger partial charge in [0.2, 0.25) is 0 Å². The average molecular weight is 814 g/mol. The summed E-state index contributed by atoms with van der Waals surface area (Å²) in [6, 6.07) is 12.8. The Hall–Kier alpha value is -1.66. The molecule has 0 spiro atoms. The van der Waals surface area contributed by atoms with Crippen molar-refractivity contribution in [3.8, 4) is 6.07 Å². The van der Waals surface area contributed by atoms with Gasteiger partial charge in [0.25, 0.3) is 0 Å². The van der Waals surface area contributed by atoms with E-state index in [2.05, 4.69) is 106 Å². The molecule has 2 aliphatic heterocycles. The number of rotatable bonds is 20. The Morgan fingerprint density at radius 1 is 0.982 bits per heavy atom. The quantitative estimate of drug-likeness (QED) is 0.0950. The molecule has 0 bridgehead atoms. The van der Waals surface area contributed by atoms with Gasteiger partial charge in [0, 0.05) is 38.2 Å². The molecule has 0 amide bonds. The summed E-state index contributed by atoms with van der Waals surface area (Å²) in [6.45, 7) is 38.3. The van der Waals surface area contributed by atoms with Crippen molar-refractivity contribution in [2.24, 2.45) is 11.8 Å². The van der Waals surface area contributed by atoms with E-state index in [1.165, 1.54) is 0 Å². The van der Waals surface area contributed by atoms with Crippen LogP contribution >= 0.6 is 0 Å². The molecule has 0 aromatic heterocycles. The molecular weight excluding hydrogens is 735 g/mol. The van der Waals surface area contributed by atoms with E-state index in [4.69, 9.17) is 32.5 Å². The first-order valence-corrected chi connectivity index (χ1v) is 26.9. The summed E-state index contributed by atoms with van der Waals surface area (Å²) in [4.78, 5) is 0. The molecule has 0 unspecified atom stereocenters. The summed E-state index contributed by atoms with van der Waals surface area (Å²) in [5, 5.41) is 10.9. The fraction of sp³-hybridized carbons (Fsp3) is 0.761. The molecule has 2 aliphatic rings. The summed E-state index contributed by atoms with van der Waals surface area (Å²) in [5.74, 6) is -1.73. The molecule has 8 atom stereocenters. The molecule has 8 nitrogen and oxygen atoms in total. The number of nitrogens with zero attached hydrogens (tertiary/aromatic N) is 1. The molecule has 318 valence electrons. The topological polar surface area (TPSA) is 88.4 Å². The molecule has 2 fully saturated rings. The third-order valence-corrected chi connectivity index (χ3v) is 22.1. The van der Waals surface area contributed by atoms with Crippen molar-refractivity contribution in [1.29, 1.82) is 5.26 Å². The van der Waals surface area contributed by atoms with E-state index in [1.807, 2.05) is 44.2 Å². The molecular formula is C46H79NO7Si2. The van der Waals surface area contributed by atoms with E-state index in [0.717, 1.165) is 24.8 Å². The van der Waals surface area contributed by atoms with Crippen LogP contribution in [0.15, 0.2) is 55.6 Å². The first-order chi connectivity index (χ1) is 25.9. The van der Waals surface area contributed by atoms with Crippen LogP contribution in [-0.2, 0) is 39.1 Å². The first kappa shape index (κ1) is 48.7. The van der Waals surface area contributed by atoms with Crippen LogP contribution < -0.4 is 0 Å². The van der Waals surface area contributed by atoms with Gasteiger partial charge in [-0.25, -0.2) is 0 Å². The van der Waals surface area contributed by atoms with Crippen LogP contribution in [0.4, 0.5) is 0 Å². The van der Waals surface area contributed by atoms with Crippen molar-refractivity contribution >= 4 is 16.6 Å². The van der Waals surface area contributed by atoms with Crippen LogP contribution in [0.5, 0.6) is 0 Å². The second kappa shape index (κ2) is 19.6. The maximum Gasteiger partial charge on any atom is 0.192 e. The molecule has 1 aromatic carbocycles. The van der Waals surface area contributed by atoms with E-state index in [0.29, 0.717) is 45.3 Å². The van der Waals surface area contributed by atoms with Crippen LogP contribution in [0.3, 0.4) is 0 Å². The fourth-order valence-electron chi connectivity index (χ4n) is 7.74. The minimum absolute atomic E-state index is 0.00110. The van der Waals surface area contributed by atoms with Crippen LogP contribution in [0.2, 0.25) is 36.3 Å². The maximum absolute atomic E-state index is 10.8. The van der Waals surface area contributed by atoms with Gasteiger partial charge >= 0.3 is 0 Å². The van der Waals surface area contributed by atoms with Gasteiger partial charge in [-0.1, -0.05) is 91.0 Å². The molecule has 0 N–H and O–H groups in total. The number of benzene rings is 1. The highest BCUT2D eigenvalue weighted by molar-refractivity contribution is 6.74. The Morgan fingerprint density at radius 3 is 2.16 bits per heavy atom. The Morgan fingerprint density at radius 2 is 1.62 bits per heavy atom. The summed E-state index contributed by atoms with van der Waals surface area (Å²) in [5.41, 5.74) is 0.135. The standard InChI is InChI=1S/C46H79NO7Si2/c1-17-24-39-38(19-3)41(53-56(15,16)43(7,8)9)31-46(48-12,51-39)29-37(52-55(13,14)42(4,5)6)27-23-28-45(34-47)30-40(50-44(10,11)54-45)36(18-2)33-49-32-35-25-21-20-22-26-35/h17,19-22,25-26,36-41H,1,3,18,23-24,27-33H2,2,4-16H3/t36-,37+,38+,39+,40-,41+,45-,46-/m1/s1. The lowest BCUT2D eigenvalue weighted by atomic mass is 9.82. The van der Waals surface area contributed by atoms with Gasteiger partial charge in [-0.3, -0.25) is 0 Å². The Labute approximate surface area is 344 Å². The normalized spacial score (nSPS) is 28.6. The molecule has 1 aromatic rings. The van der Waals surface area contributed by atoms with Gasteiger partial charge in [-0.05, 0) is 87.8 Å². The van der Waals surface area contributed by atoms with Crippen molar-refractivity contribution in [1.82, 2.24) is 0 Å². The summed E-state index contributed by atoms with van der Waals surface area (Å²) < 4.78 is 47.2. The molecule has 2 saturated heterocycles. The minimum Gasteiger partial charge on any atom is -0.414 e. The summed E-state index contributed by atoms with van der Waals surface area (Å²) in [6.07, 6.45) is 8.38. The van der Waals surface area contributed by atoms with Crippen molar-refractivity contribution in [2.75, 3.05) is 13.7 Å². The largest absolute Gasteiger partial charge is 0.414 e. The summed E-state index contributed by atoms with van der Waals surface area (Å²) >= 11 is 0. The molecule has 0 radical (unpaired) electrons. The number of ether oxygens (including phenoxy) is 5. The lowest BCUT2D eigenvalue weighted by Gasteiger charge is -2.51. The maximum atomic E-state index is 10.8. The SMILES string of the molecule is C=CC[C@@H]1O[C@@](C[C@H](CCC[C@]2(C#N)C[C@H]([C@H](CC)COCc3ccccc3)OC(C)(C)O2)O[Si](C)(C)C(C)(C)C)(OC)C[C@H](O[Si](C)(C)C(C)(C)C)[C@H]1C=C.